The number of hydrogen-bond donors (Lipinski definition) is 1. The summed E-state index contributed by atoms with van der Waals surface area (Å²) in [6.45, 7) is 0.780. The van der Waals surface area contributed by atoms with Gasteiger partial charge in [-0.05, 0) is 17.5 Å². The highest BCUT2D eigenvalue weighted by atomic mass is 32.2. The average Bonchev–Trinajstić information content (AvgIpc) is 3.04. The van der Waals surface area contributed by atoms with Crippen LogP contribution in [0, 0.1) is 0 Å². The smallest absolute Gasteiger partial charge is 0.475 e. The average molecular weight is 449 g/mol. The summed E-state index contributed by atoms with van der Waals surface area (Å²) in [7, 11) is -0.000899. The number of carboxylic acid groups (broad SMARTS) is 1. The topological polar surface area (TPSA) is 102 Å². The number of sulfonamides is 1. The van der Waals surface area contributed by atoms with Gasteiger partial charge in [-0.2, -0.15) is 22.6 Å². The largest absolute Gasteiger partial charge is 0.490 e. The number of hydrogen-bond acceptors (Lipinski definition) is 5. The van der Waals surface area contributed by atoms with Crippen LogP contribution in [-0.4, -0.2) is 60.0 Å². The number of carbonyl (C=O) groups is 1. The second-order valence-corrected chi connectivity index (χ2v) is 8.48. The molecule has 0 spiro atoms. The maximum atomic E-state index is 12.9. The van der Waals surface area contributed by atoms with Gasteiger partial charge in [0.15, 0.2) is 0 Å². The summed E-state index contributed by atoms with van der Waals surface area (Å²) in [5.74, 6) is -2.76. The van der Waals surface area contributed by atoms with Gasteiger partial charge in [0.1, 0.15) is 0 Å². The van der Waals surface area contributed by atoms with Crippen LogP contribution in [0.25, 0.3) is 0 Å². The van der Waals surface area contributed by atoms with Crippen molar-refractivity contribution in [3.63, 3.8) is 0 Å². The van der Waals surface area contributed by atoms with Crippen molar-refractivity contribution in [1.82, 2.24) is 14.1 Å². The van der Waals surface area contributed by atoms with Gasteiger partial charge in [-0.15, -0.1) is 0 Å². The Hall–Kier alpha value is -2.44. The SMILES string of the molecule is COCC1c2c(cnn2C)CCN1S(=O)(=O)Cc1ccccc1.O=C(O)C(F)(F)F. The van der Waals surface area contributed by atoms with Crippen LogP contribution in [0.5, 0.6) is 0 Å². The van der Waals surface area contributed by atoms with Crippen molar-refractivity contribution in [3.05, 3.63) is 53.3 Å². The van der Waals surface area contributed by atoms with Crippen LogP contribution in [0.4, 0.5) is 13.2 Å². The van der Waals surface area contributed by atoms with Crippen LogP contribution in [0.1, 0.15) is 22.9 Å². The summed E-state index contributed by atoms with van der Waals surface area (Å²) in [4.78, 5) is 8.90. The molecule has 1 aromatic carbocycles. The van der Waals surface area contributed by atoms with E-state index in [0.717, 1.165) is 16.8 Å². The fraction of sp³-hybridized carbons (Fsp3) is 0.444. The monoisotopic (exact) mass is 449 g/mol. The zero-order chi connectivity index (χ0) is 22.5. The third kappa shape index (κ3) is 5.80. The van der Waals surface area contributed by atoms with E-state index in [-0.39, 0.29) is 11.8 Å². The summed E-state index contributed by atoms with van der Waals surface area (Å²) in [6, 6.07) is 8.93. The van der Waals surface area contributed by atoms with Crippen molar-refractivity contribution in [2.75, 3.05) is 20.3 Å². The number of aryl methyl sites for hydroxylation is 1. The zero-order valence-corrected chi connectivity index (χ0v) is 17.2. The van der Waals surface area contributed by atoms with Gasteiger partial charge in [-0.25, -0.2) is 13.2 Å². The van der Waals surface area contributed by atoms with Crippen LogP contribution in [0.15, 0.2) is 36.5 Å². The Balaban J connectivity index is 0.000000396. The first-order chi connectivity index (χ1) is 14.0. The fourth-order valence-electron chi connectivity index (χ4n) is 3.16. The predicted molar refractivity (Wildman–Crippen MR) is 101 cm³/mol. The number of aliphatic carboxylic acids is 1. The number of halogens is 3. The molecule has 3 rings (SSSR count). The van der Waals surface area contributed by atoms with Gasteiger partial charge >= 0.3 is 12.1 Å². The summed E-state index contributed by atoms with van der Waals surface area (Å²) in [5.41, 5.74) is 2.81. The van der Waals surface area contributed by atoms with E-state index in [4.69, 9.17) is 14.6 Å². The number of aromatic nitrogens is 2. The third-order valence-corrected chi connectivity index (χ3v) is 6.30. The highest BCUT2D eigenvalue weighted by Crippen LogP contribution is 2.32. The molecular weight excluding hydrogens is 427 g/mol. The Morgan fingerprint density at radius 1 is 1.30 bits per heavy atom. The lowest BCUT2D eigenvalue weighted by atomic mass is 10.0. The Labute approximate surface area is 171 Å². The molecule has 0 bridgehead atoms. The van der Waals surface area contributed by atoms with Crippen LogP contribution in [0.2, 0.25) is 0 Å². The van der Waals surface area contributed by atoms with Gasteiger partial charge in [-0.3, -0.25) is 4.68 Å². The van der Waals surface area contributed by atoms with E-state index < -0.39 is 22.2 Å². The molecule has 0 fully saturated rings. The summed E-state index contributed by atoms with van der Waals surface area (Å²) >= 11 is 0. The van der Waals surface area contributed by atoms with E-state index >= 15 is 0 Å². The van der Waals surface area contributed by atoms with E-state index in [1.807, 2.05) is 43.6 Å². The number of carboxylic acids is 1. The molecule has 12 heteroatoms. The fourth-order valence-corrected chi connectivity index (χ4v) is 4.86. The Kier molecular flexibility index (Phi) is 7.61. The molecule has 0 saturated heterocycles. The standard InChI is InChI=1S/C16H21N3O3S.C2HF3O2/c1-18-16-14(10-17-18)8-9-19(15(16)11-22-2)23(20,21)12-13-6-4-3-5-7-13;3-2(4,5)1(6)7/h3-7,10,15H,8-9,11-12H2,1-2H3;(H,6,7). The highest BCUT2D eigenvalue weighted by Gasteiger charge is 2.38. The third-order valence-electron chi connectivity index (χ3n) is 4.45. The maximum Gasteiger partial charge on any atom is 0.490 e. The molecule has 1 aromatic heterocycles. The van der Waals surface area contributed by atoms with Crippen molar-refractivity contribution in [3.8, 4) is 0 Å². The summed E-state index contributed by atoms with van der Waals surface area (Å²) in [5, 5.41) is 11.4. The molecule has 0 amide bonds. The van der Waals surface area contributed by atoms with Crippen molar-refractivity contribution in [2.45, 2.75) is 24.4 Å². The lowest BCUT2D eigenvalue weighted by Crippen LogP contribution is -2.43. The molecule has 0 radical (unpaired) electrons. The van der Waals surface area contributed by atoms with E-state index in [1.165, 1.54) is 0 Å². The van der Waals surface area contributed by atoms with Crippen LogP contribution < -0.4 is 0 Å². The van der Waals surface area contributed by atoms with Crippen molar-refractivity contribution in [1.29, 1.82) is 0 Å². The van der Waals surface area contributed by atoms with Crippen LogP contribution in [-0.2, 0) is 38.8 Å². The molecule has 1 atom stereocenters. The lowest BCUT2D eigenvalue weighted by Gasteiger charge is -2.34. The number of methoxy groups -OCH3 is 1. The molecule has 1 unspecified atom stereocenters. The molecule has 0 saturated carbocycles. The Morgan fingerprint density at radius 2 is 1.90 bits per heavy atom. The Morgan fingerprint density at radius 3 is 2.43 bits per heavy atom. The molecule has 8 nitrogen and oxygen atoms in total. The normalized spacial score (nSPS) is 17.0. The lowest BCUT2D eigenvalue weighted by molar-refractivity contribution is -0.192. The quantitative estimate of drug-likeness (QED) is 0.751. The van der Waals surface area contributed by atoms with Crippen LogP contribution in [0.3, 0.4) is 0 Å². The van der Waals surface area contributed by atoms with E-state index in [2.05, 4.69) is 5.10 Å². The van der Waals surface area contributed by atoms with E-state index in [9.17, 15) is 21.6 Å². The van der Waals surface area contributed by atoms with E-state index in [1.54, 1.807) is 16.1 Å². The number of nitrogens with zero attached hydrogens (tertiary/aromatic N) is 3. The van der Waals surface area contributed by atoms with Crippen molar-refractivity contribution in [2.24, 2.45) is 7.05 Å². The second-order valence-electron chi connectivity index (χ2n) is 6.56. The van der Waals surface area contributed by atoms with Crippen molar-refractivity contribution >= 4 is 16.0 Å². The molecule has 1 aliphatic rings. The van der Waals surface area contributed by atoms with Crippen molar-refractivity contribution < 1.29 is 36.2 Å². The molecule has 30 heavy (non-hydrogen) atoms. The van der Waals surface area contributed by atoms with Gasteiger partial charge in [0, 0.05) is 20.7 Å². The van der Waals surface area contributed by atoms with Gasteiger partial charge in [0.25, 0.3) is 0 Å². The molecule has 2 heterocycles. The first-order valence-corrected chi connectivity index (χ1v) is 10.4. The van der Waals surface area contributed by atoms with Gasteiger partial charge < -0.3 is 9.84 Å². The zero-order valence-electron chi connectivity index (χ0n) is 16.3. The predicted octanol–water partition coefficient (Wildman–Crippen LogP) is 2.13. The highest BCUT2D eigenvalue weighted by molar-refractivity contribution is 7.88. The van der Waals surface area contributed by atoms with Crippen LogP contribution >= 0.6 is 0 Å². The summed E-state index contributed by atoms with van der Waals surface area (Å²) in [6.07, 6.45) is -2.59. The molecule has 166 valence electrons. The molecular formula is C18H22F3N3O5S. The number of fused-ring (bicyclic) bond motifs is 1. The molecule has 2 aromatic rings. The minimum absolute atomic E-state index is 0.00123. The minimum Gasteiger partial charge on any atom is -0.475 e. The number of rotatable bonds is 5. The molecule has 1 aliphatic heterocycles. The minimum atomic E-state index is -5.08. The number of alkyl halides is 3. The number of benzene rings is 1. The number of ether oxygens (including phenoxy) is 1. The second kappa shape index (κ2) is 9.58. The van der Waals surface area contributed by atoms with Gasteiger partial charge in [0.2, 0.25) is 10.0 Å². The van der Waals surface area contributed by atoms with Gasteiger partial charge in [-0.1, -0.05) is 30.3 Å². The Bertz CT molecular complexity index is 961. The summed E-state index contributed by atoms with van der Waals surface area (Å²) < 4.78 is 66.2. The molecule has 1 N–H and O–H groups in total. The maximum absolute atomic E-state index is 12.9. The van der Waals surface area contributed by atoms with E-state index in [0.29, 0.717) is 19.6 Å². The first-order valence-electron chi connectivity index (χ1n) is 8.80. The molecule has 0 aliphatic carbocycles. The first kappa shape index (κ1) is 23.8. The van der Waals surface area contributed by atoms with Gasteiger partial charge in [0.05, 0.1) is 30.3 Å².